The van der Waals surface area contributed by atoms with Crippen molar-refractivity contribution < 1.29 is 19.0 Å². The first kappa shape index (κ1) is 22.5. The number of carbonyl (C=O) groups excluding carboxylic acids is 1. The summed E-state index contributed by atoms with van der Waals surface area (Å²) in [5.74, 6) is 0.750. The number of ether oxygens (including phenoxy) is 3. The minimum atomic E-state index is -0.428. The Hall–Kier alpha value is -2.77. The number of rotatable bonds is 10. The monoisotopic (exact) mass is 401 g/mol. The van der Waals surface area contributed by atoms with Crippen LogP contribution in [-0.4, -0.2) is 64.7 Å². The van der Waals surface area contributed by atoms with Gasteiger partial charge in [-0.05, 0) is 49.5 Å². The van der Waals surface area contributed by atoms with Gasteiger partial charge in [0.05, 0.1) is 7.11 Å². The van der Waals surface area contributed by atoms with Gasteiger partial charge in [-0.1, -0.05) is 24.3 Å². The maximum atomic E-state index is 12.7. The Labute approximate surface area is 173 Å². The summed E-state index contributed by atoms with van der Waals surface area (Å²) in [5, 5.41) is 0. The van der Waals surface area contributed by atoms with Gasteiger partial charge in [-0.15, -0.1) is 0 Å². The summed E-state index contributed by atoms with van der Waals surface area (Å²) < 4.78 is 15.9. The summed E-state index contributed by atoms with van der Waals surface area (Å²) in [5.41, 5.74) is 3.08. The average molecular weight is 402 g/mol. The Kier molecular flexibility index (Phi) is 8.76. The van der Waals surface area contributed by atoms with Crippen LogP contribution in [0.1, 0.15) is 11.1 Å². The molecule has 0 aromatic heterocycles. The van der Waals surface area contributed by atoms with E-state index in [0.29, 0.717) is 19.8 Å². The molecule has 0 saturated carbocycles. The van der Waals surface area contributed by atoms with E-state index in [1.807, 2.05) is 86.5 Å². The molecule has 0 radical (unpaired) electrons. The Morgan fingerprint density at radius 1 is 0.931 bits per heavy atom. The summed E-state index contributed by atoms with van der Waals surface area (Å²) in [6.45, 7) is 1.12. The second-order valence-corrected chi connectivity index (χ2v) is 7.21. The van der Waals surface area contributed by atoms with Crippen molar-refractivity contribution >= 4 is 11.8 Å². The fourth-order valence-electron chi connectivity index (χ4n) is 2.70. The minimum Gasteiger partial charge on any atom is -0.497 e. The molecule has 0 saturated heterocycles. The molecule has 0 heterocycles. The molecular weight excluding hydrogens is 370 g/mol. The third kappa shape index (κ3) is 7.63. The molecule has 0 aliphatic rings. The van der Waals surface area contributed by atoms with Crippen molar-refractivity contribution in [2.75, 3.05) is 53.7 Å². The molecule has 0 unspecified atom stereocenters. The molecule has 29 heavy (non-hydrogen) atoms. The number of hydrogen-bond donors (Lipinski definition) is 0. The van der Waals surface area contributed by atoms with Crippen LogP contribution in [0.15, 0.2) is 48.5 Å². The Morgan fingerprint density at radius 3 is 2.24 bits per heavy atom. The second kappa shape index (κ2) is 11.3. The van der Waals surface area contributed by atoms with Crippen molar-refractivity contribution in [3.8, 4) is 5.75 Å². The van der Waals surface area contributed by atoms with Crippen LogP contribution in [0.2, 0.25) is 0 Å². The van der Waals surface area contributed by atoms with Crippen molar-refractivity contribution in [1.82, 2.24) is 9.80 Å². The minimum absolute atomic E-state index is 0.0921. The summed E-state index contributed by atoms with van der Waals surface area (Å²) >= 11 is 0. The van der Waals surface area contributed by atoms with Gasteiger partial charge in [-0.2, -0.15) is 0 Å². The molecular formula is C22H31N3O4. The van der Waals surface area contributed by atoms with Crippen molar-refractivity contribution in [3.05, 3.63) is 59.7 Å². The smallest absolute Gasteiger partial charge is 0.412 e. The van der Waals surface area contributed by atoms with E-state index >= 15 is 0 Å². The molecule has 0 N–H and O–H groups in total. The molecule has 0 bridgehead atoms. The maximum Gasteiger partial charge on any atom is 0.412 e. The molecule has 0 spiro atoms. The van der Waals surface area contributed by atoms with E-state index in [1.54, 1.807) is 12.0 Å². The summed E-state index contributed by atoms with van der Waals surface area (Å²) in [4.78, 5) is 18.2. The first-order valence-electron chi connectivity index (χ1n) is 9.42. The van der Waals surface area contributed by atoms with Crippen molar-refractivity contribution in [3.63, 3.8) is 0 Å². The number of benzene rings is 2. The maximum absolute atomic E-state index is 12.7. The normalized spacial score (nSPS) is 10.7. The van der Waals surface area contributed by atoms with E-state index in [0.717, 1.165) is 22.6 Å². The van der Waals surface area contributed by atoms with Gasteiger partial charge in [0.1, 0.15) is 12.5 Å². The highest BCUT2D eigenvalue weighted by atomic mass is 16.7. The van der Waals surface area contributed by atoms with Gasteiger partial charge in [-0.25, -0.2) is 4.79 Å². The molecule has 7 nitrogen and oxygen atoms in total. The SMILES string of the molecule is COc1cccc(CN(Cc2ccc(N(C)C)cc2)C(=O)OCOCN(C)C)c1. The quantitative estimate of drug-likeness (QED) is 0.449. The lowest BCUT2D eigenvalue weighted by Gasteiger charge is -2.23. The number of amides is 1. The number of methoxy groups -OCH3 is 1. The largest absolute Gasteiger partial charge is 0.497 e. The van der Waals surface area contributed by atoms with E-state index in [9.17, 15) is 4.79 Å². The lowest BCUT2D eigenvalue weighted by molar-refractivity contribution is -0.0582. The van der Waals surface area contributed by atoms with Crippen LogP contribution in [-0.2, 0) is 22.6 Å². The van der Waals surface area contributed by atoms with Crippen molar-refractivity contribution in [2.24, 2.45) is 0 Å². The number of anilines is 1. The Balaban J connectivity index is 2.09. The van der Waals surface area contributed by atoms with Gasteiger partial charge >= 0.3 is 6.09 Å². The zero-order valence-electron chi connectivity index (χ0n) is 17.9. The predicted molar refractivity (Wildman–Crippen MR) is 114 cm³/mol. The number of nitrogens with zero attached hydrogens (tertiary/aromatic N) is 3. The highest BCUT2D eigenvalue weighted by molar-refractivity contribution is 5.67. The highest BCUT2D eigenvalue weighted by Gasteiger charge is 2.17. The Bertz CT molecular complexity index is 763. The molecule has 2 aromatic rings. The third-order valence-corrected chi connectivity index (χ3v) is 4.21. The lowest BCUT2D eigenvalue weighted by atomic mass is 10.1. The van der Waals surface area contributed by atoms with Crippen LogP contribution in [0, 0.1) is 0 Å². The standard InChI is InChI=1S/C22H31N3O4/c1-23(2)16-28-17-29-22(26)25(15-19-7-6-8-21(13-19)27-5)14-18-9-11-20(12-10-18)24(3)4/h6-13H,14-17H2,1-5H3. The van der Waals surface area contributed by atoms with Gasteiger partial charge in [0.15, 0.2) is 6.79 Å². The topological polar surface area (TPSA) is 54.5 Å². The molecule has 7 heteroatoms. The molecule has 2 rings (SSSR count). The van der Waals surface area contributed by atoms with E-state index < -0.39 is 6.09 Å². The van der Waals surface area contributed by atoms with Gasteiger partial charge in [-0.3, -0.25) is 9.80 Å². The fraction of sp³-hybridized carbons (Fsp3) is 0.409. The van der Waals surface area contributed by atoms with Gasteiger partial charge in [0.25, 0.3) is 0 Å². The van der Waals surface area contributed by atoms with Crippen LogP contribution in [0.3, 0.4) is 0 Å². The average Bonchev–Trinajstić information content (AvgIpc) is 2.71. The van der Waals surface area contributed by atoms with Crippen molar-refractivity contribution in [2.45, 2.75) is 13.1 Å². The molecule has 158 valence electrons. The van der Waals surface area contributed by atoms with E-state index in [2.05, 4.69) is 0 Å². The summed E-state index contributed by atoms with van der Waals surface area (Å²) in [6.07, 6.45) is -0.428. The fourth-order valence-corrected chi connectivity index (χ4v) is 2.70. The van der Waals surface area contributed by atoms with Gasteiger partial charge < -0.3 is 19.1 Å². The number of carbonyl (C=O) groups is 1. The molecule has 0 aliphatic heterocycles. The third-order valence-electron chi connectivity index (χ3n) is 4.21. The van der Waals surface area contributed by atoms with Crippen LogP contribution in [0.4, 0.5) is 10.5 Å². The highest BCUT2D eigenvalue weighted by Crippen LogP contribution is 2.18. The second-order valence-electron chi connectivity index (χ2n) is 7.21. The Morgan fingerprint density at radius 2 is 1.62 bits per heavy atom. The van der Waals surface area contributed by atoms with Crippen LogP contribution in [0.25, 0.3) is 0 Å². The van der Waals surface area contributed by atoms with Crippen LogP contribution < -0.4 is 9.64 Å². The first-order valence-corrected chi connectivity index (χ1v) is 9.42. The zero-order valence-corrected chi connectivity index (χ0v) is 17.9. The molecule has 2 aromatic carbocycles. The summed E-state index contributed by atoms with van der Waals surface area (Å²) in [6, 6.07) is 15.8. The number of hydrogen-bond acceptors (Lipinski definition) is 6. The molecule has 0 atom stereocenters. The summed E-state index contributed by atoms with van der Waals surface area (Å²) in [7, 11) is 9.38. The lowest BCUT2D eigenvalue weighted by Crippen LogP contribution is -2.31. The predicted octanol–water partition coefficient (Wildman–Crippen LogP) is 3.39. The molecule has 0 fully saturated rings. The van der Waals surface area contributed by atoms with E-state index in [4.69, 9.17) is 14.2 Å². The van der Waals surface area contributed by atoms with E-state index in [-0.39, 0.29) is 6.79 Å². The van der Waals surface area contributed by atoms with Crippen LogP contribution >= 0.6 is 0 Å². The first-order chi connectivity index (χ1) is 13.9. The van der Waals surface area contributed by atoms with E-state index in [1.165, 1.54) is 0 Å². The molecule has 1 amide bonds. The zero-order chi connectivity index (χ0) is 21.2. The van der Waals surface area contributed by atoms with Crippen LogP contribution in [0.5, 0.6) is 5.75 Å². The van der Waals surface area contributed by atoms with Gasteiger partial charge in [0.2, 0.25) is 0 Å². The molecule has 0 aliphatic carbocycles. The van der Waals surface area contributed by atoms with Gasteiger partial charge in [0, 0.05) is 32.9 Å². The van der Waals surface area contributed by atoms with Crippen molar-refractivity contribution in [1.29, 1.82) is 0 Å².